The molecule has 24 heavy (non-hydrogen) atoms. The minimum Gasteiger partial charge on any atom is -0.325 e. The van der Waals surface area contributed by atoms with Gasteiger partial charge in [0.15, 0.2) is 0 Å². The van der Waals surface area contributed by atoms with Gasteiger partial charge in [0.1, 0.15) is 6.54 Å². The Bertz CT molecular complexity index is 693. The second-order valence-corrected chi connectivity index (χ2v) is 5.77. The van der Waals surface area contributed by atoms with Crippen LogP contribution >= 0.6 is 11.3 Å². The molecule has 130 valence electrons. The van der Waals surface area contributed by atoms with Crippen molar-refractivity contribution in [2.24, 2.45) is 0 Å². The van der Waals surface area contributed by atoms with Crippen molar-refractivity contribution in [2.75, 3.05) is 6.54 Å². The molecule has 0 bridgehead atoms. The van der Waals surface area contributed by atoms with Gasteiger partial charge in [-0.1, -0.05) is 6.07 Å². The van der Waals surface area contributed by atoms with E-state index in [-0.39, 0.29) is 6.54 Å². The summed E-state index contributed by atoms with van der Waals surface area (Å²) in [7, 11) is 0. The SMILES string of the molecule is O=C(c1cccc(C(F)(F)F)c1)N(Cc1ccsc1)CC(F)(F)F. The molecule has 9 heteroatoms. The van der Waals surface area contributed by atoms with E-state index in [4.69, 9.17) is 0 Å². The summed E-state index contributed by atoms with van der Waals surface area (Å²) in [5, 5.41) is 3.21. The zero-order valence-electron chi connectivity index (χ0n) is 12.0. The van der Waals surface area contributed by atoms with E-state index >= 15 is 0 Å². The number of benzene rings is 1. The molecule has 0 fully saturated rings. The molecule has 0 saturated carbocycles. The molecule has 2 nitrogen and oxygen atoms in total. The standard InChI is InChI=1S/C15H11F6NOS/c16-14(17,18)9-22(7-10-4-5-24-8-10)13(23)11-2-1-3-12(6-11)15(19,20)21/h1-6,8H,7,9H2. The van der Waals surface area contributed by atoms with Crippen LogP contribution in [-0.2, 0) is 12.7 Å². The van der Waals surface area contributed by atoms with E-state index in [0.717, 1.165) is 18.2 Å². The highest BCUT2D eigenvalue weighted by atomic mass is 32.1. The summed E-state index contributed by atoms with van der Waals surface area (Å²) < 4.78 is 76.2. The second-order valence-electron chi connectivity index (χ2n) is 4.99. The second kappa shape index (κ2) is 6.84. The fourth-order valence-electron chi connectivity index (χ4n) is 2.03. The highest BCUT2D eigenvalue weighted by Crippen LogP contribution is 2.30. The lowest BCUT2D eigenvalue weighted by atomic mass is 10.1. The third-order valence-corrected chi connectivity index (χ3v) is 3.78. The average Bonchev–Trinajstić information content (AvgIpc) is 2.96. The smallest absolute Gasteiger partial charge is 0.325 e. The molecule has 1 heterocycles. The number of nitrogens with zero attached hydrogens (tertiary/aromatic N) is 1. The summed E-state index contributed by atoms with van der Waals surface area (Å²) in [5.41, 5.74) is -1.05. The van der Waals surface area contributed by atoms with Gasteiger partial charge in [-0.05, 0) is 40.6 Å². The summed E-state index contributed by atoms with van der Waals surface area (Å²) >= 11 is 1.24. The van der Waals surface area contributed by atoms with E-state index in [1.165, 1.54) is 11.3 Å². The van der Waals surface area contributed by atoms with Crippen molar-refractivity contribution >= 4 is 17.2 Å². The number of alkyl halides is 6. The highest BCUT2D eigenvalue weighted by molar-refractivity contribution is 7.07. The molecule has 0 radical (unpaired) electrons. The van der Waals surface area contributed by atoms with Crippen molar-refractivity contribution in [1.29, 1.82) is 0 Å². The maximum atomic E-state index is 12.7. The van der Waals surface area contributed by atoms with E-state index in [1.54, 1.807) is 16.8 Å². The van der Waals surface area contributed by atoms with Crippen molar-refractivity contribution in [2.45, 2.75) is 18.9 Å². The fourth-order valence-corrected chi connectivity index (χ4v) is 2.69. The van der Waals surface area contributed by atoms with Crippen LogP contribution < -0.4 is 0 Å². The maximum Gasteiger partial charge on any atom is 0.416 e. The molecule has 1 aromatic heterocycles. The highest BCUT2D eigenvalue weighted by Gasteiger charge is 2.35. The van der Waals surface area contributed by atoms with Gasteiger partial charge in [0.25, 0.3) is 5.91 Å². The van der Waals surface area contributed by atoms with Gasteiger partial charge < -0.3 is 4.90 Å². The quantitative estimate of drug-likeness (QED) is 0.699. The number of hydrogen-bond donors (Lipinski definition) is 0. The van der Waals surface area contributed by atoms with Crippen molar-refractivity contribution in [3.8, 4) is 0 Å². The summed E-state index contributed by atoms with van der Waals surface area (Å²) in [6.45, 7) is -1.88. The number of rotatable bonds is 4. The van der Waals surface area contributed by atoms with Gasteiger partial charge in [-0.3, -0.25) is 4.79 Å². The zero-order valence-corrected chi connectivity index (χ0v) is 12.8. The van der Waals surface area contributed by atoms with Gasteiger partial charge in [-0.2, -0.15) is 37.7 Å². The number of hydrogen-bond acceptors (Lipinski definition) is 2. The topological polar surface area (TPSA) is 20.3 Å². The lowest BCUT2D eigenvalue weighted by molar-refractivity contribution is -0.142. The van der Waals surface area contributed by atoms with Gasteiger partial charge in [-0.15, -0.1) is 0 Å². The largest absolute Gasteiger partial charge is 0.416 e. The number of amides is 1. The van der Waals surface area contributed by atoms with Gasteiger partial charge in [0.2, 0.25) is 0 Å². The Morgan fingerprint density at radius 1 is 1.08 bits per heavy atom. The van der Waals surface area contributed by atoms with Crippen molar-refractivity contribution in [1.82, 2.24) is 4.90 Å². The normalized spacial score (nSPS) is 12.2. The van der Waals surface area contributed by atoms with E-state index < -0.39 is 35.9 Å². The Morgan fingerprint density at radius 3 is 2.33 bits per heavy atom. The van der Waals surface area contributed by atoms with E-state index in [1.807, 2.05) is 0 Å². The van der Waals surface area contributed by atoms with Crippen LogP contribution in [0.1, 0.15) is 21.5 Å². The molecule has 1 aromatic carbocycles. The minimum absolute atomic E-state index is 0.335. The molecular weight excluding hydrogens is 356 g/mol. The number of carbonyl (C=O) groups excluding carboxylic acids is 1. The molecule has 2 rings (SSSR count). The molecule has 0 atom stereocenters. The molecule has 0 spiro atoms. The molecule has 0 N–H and O–H groups in total. The van der Waals surface area contributed by atoms with Crippen LogP contribution in [0.15, 0.2) is 41.1 Å². The molecule has 0 unspecified atom stereocenters. The van der Waals surface area contributed by atoms with Crippen molar-refractivity contribution < 1.29 is 31.1 Å². The van der Waals surface area contributed by atoms with Crippen LogP contribution in [0.2, 0.25) is 0 Å². The summed E-state index contributed by atoms with van der Waals surface area (Å²) in [5.74, 6) is -1.11. The van der Waals surface area contributed by atoms with Crippen LogP contribution in [0.25, 0.3) is 0 Å². The van der Waals surface area contributed by atoms with Crippen LogP contribution in [-0.4, -0.2) is 23.5 Å². The van der Waals surface area contributed by atoms with Crippen LogP contribution in [0.4, 0.5) is 26.3 Å². The monoisotopic (exact) mass is 367 g/mol. The first-order valence-corrected chi connectivity index (χ1v) is 7.55. The molecule has 1 amide bonds. The molecule has 0 aliphatic rings. The molecule has 0 saturated heterocycles. The molecule has 2 aromatic rings. The van der Waals surface area contributed by atoms with Crippen LogP contribution in [0, 0.1) is 0 Å². The van der Waals surface area contributed by atoms with Gasteiger partial charge in [0, 0.05) is 12.1 Å². The van der Waals surface area contributed by atoms with E-state index in [0.29, 0.717) is 16.5 Å². The summed E-state index contributed by atoms with van der Waals surface area (Å²) in [4.78, 5) is 12.8. The summed E-state index contributed by atoms with van der Waals surface area (Å²) in [6.07, 6.45) is -9.34. The first-order valence-electron chi connectivity index (χ1n) is 6.60. The lowest BCUT2D eigenvalue weighted by Gasteiger charge is -2.24. The number of halogens is 6. The van der Waals surface area contributed by atoms with Crippen LogP contribution in [0.5, 0.6) is 0 Å². The first-order chi connectivity index (χ1) is 11.1. The average molecular weight is 367 g/mol. The lowest BCUT2D eigenvalue weighted by Crippen LogP contribution is -2.38. The maximum absolute atomic E-state index is 12.7. The number of thiophene rings is 1. The van der Waals surface area contributed by atoms with Crippen molar-refractivity contribution in [3.05, 3.63) is 57.8 Å². The zero-order chi connectivity index (χ0) is 18.0. The Labute approximate surface area is 137 Å². The van der Waals surface area contributed by atoms with Crippen LogP contribution in [0.3, 0.4) is 0 Å². The first kappa shape index (κ1) is 18.3. The Kier molecular flexibility index (Phi) is 5.22. The predicted octanol–water partition coefficient (Wildman–Crippen LogP) is 4.97. The molecular formula is C15H11F6NOS. The molecule has 0 aliphatic heterocycles. The Balaban J connectivity index is 2.30. The fraction of sp³-hybridized carbons (Fsp3) is 0.267. The third-order valence-electron chi connectivity index (χ3n) is 3.05. The van der Waals surface area contributed by atoms with Gasteiger partial charge in [0.05, 0.1) is 5.56 Å². The van der Waals surface area contributed by atoms with E-state index in [2.05, 4.69) is 0 Å². The van der Waals surface area contributed by atoms with Crippen molar-refractivity contribution in [3.63, 3.8) is 0 Å². The predicted molar refractivity (Wildman–Crippen MR) is 76.6 cm³/mol. The van der Waals surface area contributed by atoms with Gasteiger partial charge in [-0.25, -0.2) is 0 Å². The summed E-state index contributed by atoms with van der Waals surface area (Å²) in [6, 6.07) is 4.91. The number of carbonyl (C=O) groups is 1. The van der Waals surface area contributed by atoms with Gasteiger partial charge >= 0.3 is 12.4 Å². The minimum atomic E-state index is -4.68. The molecule has 0 aliphatic carbocycles. The van der Waals surface area contributed by atoms with E-state index in [9.17, 15) is 31.1 Å². The third kappa shape index (κ3) is 4.98. The Hall–Kier alpha value is -2.03. The Morgan fingerprint density at radius 2 is 1.79 bits per heavy atom.